The predicted molar refractivity (Wildman–Crippen MR) is 89.0 cm³/mol. The third-order valence-corrected chi connectivity index (χ3v) is 5.34. The lowest BCUT2D eigenvalue weighted by Crippen LogP contribution is -2.31. The van der Waals surface area contributed by atoms with E-state index in [0.717, 1.165) is 24.8 Å². The molecule has 1 saturated carbocycles. The first-order chi connectivity index (χ1) is 10.1. The number of hydrogen-bond donors (Lipinski definition) is 1. The van der Waals surface area contributed by atoms with Crippen LogP contribution in [0.3, 0.4) is 0 Å². The Morgan fingerprint density at radius 2 is 1.95 bits per heavy atom. The minimum absolute atomic E-state index is 0.00954. The number of nitrogens with two attached hydrogens (primary N) is 1. The Labute approximate surface area is 131 Å². The van der Waals surface area contributed by atoms with Crippen LogP contribution in [0.1, 0.15) is 49.2 Å². The fraction of sp³-hybridized carbons (Fsp3) is 0.733. The van der Waals surface area contributed by atoms with Crippen LogP contribution in [0, 0.1) is 5.92 Å². The van der Waals surface area contributed by atoms with Crippen molar-refractivity contribution in [1.29, 1.82) is 0 Å². The molecule has 0 radical (unpaired) electrons. The molecule has 6 heteroatoms. The Balaban J connectivity index is 2.07. The number of carbonyl (C=O) groups excluding carboxylic acids is 1. The monoisotopic (exact) mass is 310 g/mol. The van der Waals surface area contributed by atoms with Gasteiger partial charge in [-0.1, -0.05) is 24.2 Å². The van der Waals surface area contributed by atoms with Crippen LogP contribution < -0.4 is 10.6 Å². The average Bonchev–Trinajstić information content (AvgIpc) is 3.09. The van der Waals surface area contributed by atoms with Crippen LogP contribution in [0.15, 0.2) is 0 Å². The molecule has 1 fully saturated rings. The maximum atomic E-state index is 12.6. The highest BCUT2D eigenvalue weighted by Crippen LogP contribution is 2.30. The van der Waals surface area contributed by atoms with E-state index in [1.54, 1.807) is 0 Å². The molecule has 2 N–H and O–H groups in total. The summed E-state index contributed by atoms with van der Waals surface area (Å²) in [6.07, 6.45) is 5.06. The largest absolute Gasteiger partial charge is 0.382 e. The molecule has 0 aromatic carbocycles. The fourth-order valence-electron chi connectivity index (χ4n) is 2.94. The van der Waals surface area contributed by atoms with Gasteiger partial charge in [0.1, 0.15) is 10.7 Å². The third kappa shape index (κ3) is 3.67. The van der Waals surface area contributed by atoms with Gasteiger partial charge in [0.2, 0.25) is 0 Å². The molecule has 1 aromatic rings. The van der Waals surface area contributed by atoms with Crippen molar-refractivity contribution in [3.8, 4) is 0 Å². The maximum absolute atomic E-state index is 12.6. The Morgan fingerprint density at radius 1 is 1.33 bits per heavy atom. The van der Waals surface area contributed by atoms with Gasteiger partial charge in [-0.25, -0.2) is 4.98 Å². The fourth-order valence-corrected chi connectivity index (χ4v) is 4.05. The molecule has 0 spiro atoms. The van der Waals surface area contributed by atoms with Crippen molar-refractivity contribution in [2.24, 2.45) is 5.92 Å². The molecule has 1 aliphatic rings. The number of aromatic nitrogens is 1. The molecule has 1 aliphatic carbocycles. The highest BCUT2D eigenvalue weighted by Gasteiger charge is 2.24. The molecule has 2 rings (SSSR count). The lowest BCUT2D eigenvalue weighted by molar-refractivity contribution is 0.0779. The molecule has 0 aliphatic heterocycles. The first kappa shape index (κ1) is 16.1. The van der Waals surface area contributed by atoms with E-state index in [1.165, 1.54) is 37.0 Å². The van der Waals surface area contributed by atoms with Gasteiger partial charge >= 0.3 is 0 Å². The topological polar surface area (TPSA) is 62.5 Å². The molecule has 0 saturated heterocycles. The van der Waals surface area contributed by atoms with Gasteiger partial charge in [-0.05, 0) is 32.6 Å². The molecule has 1 heterocycles. The van der Waals surface area contributed by atoms with Gasteiger partial charge in [0.25, 0.3) is 5.91 Å². The van der Waals surface area contributed by atoms with E-state index in [0.29, 0.717) is 16.6 Å². The zero-order valence-corrected chi connectivity index (χ0v) is 14.1. The molecule has 118 valence electrons. The summed E-state index contributed by atoms with van der Waals surface area (Å²) in [4.78, 5) is 21.4. The van der Waals surface area contributed by atoms with E-state index in [2.05, 4.69) is 23.7 Å². The van der Waals surface area contributed by atoms with Crippen molar-refractivity contribution in [3.05, 3.63) is 4.88 Å². The quantitative estimate of drug-likeness (QED) is 0.877. The second-order valence-corrected chi connectivity index (χ2v) is 6.70. The highest BCUT2D eigenvalue weighted by molar-refractivity contribution is 7.18. The van der Waals surface area contributed by atoms with E-state index in [4.69, 9.17) is 5.73 Å². The van der Waals surface area contributed by atoms with Gasteiger partial charge in [0.15, 0.2) is 5.13 Å². The zero-order valence-electron chi connectivity index (χ0n) is 13.3. The molecule has 5 nitrogen and oxygen atoms in total. The molecule has 0 atom stereocenters. The lowest BCUT2D eigenvalue weighted by Gasteiger charge is -2.20. The summed E-state index contributed by atoms with van der Waals surface area (Å²) in [7, 11) is 1.87. The first-order valence-corrected chi connectivity index (χ1v) is 8.65. The number of carbonyl (C=O) groups is 1. The number of anilines is 2. The Hall–Kier alpha value is -1.30. The zero-order chi connectivity index (χ0) is 15.4. The SMILES string of the molecule is CCN(CC)c1nc(N)c(C(=O)N(C)CC2CCCC2)s1. The second-order valence-electron chi connectivity index (χ2n) is 5.72. The Morgan fingerprint density at radius 3 is 2.52 bits per heavy atom. The first-order valence-electron chi connectivity index (χ1n) is 7.83. The summed E-state index contributed by atoms with van der Waals surface area (Å²) in [6, 6.07) is 0. The summed E-state index contributed by atoms with van der Waals surface area (Å²) in [6.45, 7) is 6.73. The third-order valence-electron chi connectivity index (χ3n) is 4.22. The summed E-state index contributed by atoms with van der Waals surface area (Å²) in [5, 5.41) is 0.843. The van der Waals surface area contributed by atoms with Gasteiger partial charge in [-0.2, -0.15) is 0 Å². The van der Waals surface area contributed by atoms with E-state index in [-0.39, 0.29) is 5.91 Å². The van der Waals surface area contributed by atoms with Crippen molar-refractivity contribution in [2.45, 2.75) is 39.5 Å². The van der Waals surface area contributed by atoms with E-state index < -0.39 is 0 Å². The van der Waals surface area contributed by atoms with Gasteiger partial charge < -0.3 is 15.5 Å². The summed E-state index contributed by atoms with van der Waals surface area (Å²) >= 11 is 1.41. The van der Waals surface area contributed by atoms with Crippen LogP contribution in [0.5, 0.6) is 0 Å². The molecule has 21 heavy (non-hydrogen) atoms. The predicted octanol–water partition coefficient (Wildman–Crippen LogP) is 2.83. The normalized spacial score (nSPS) is 15.4. The average molecular weight is 310 g/mol. The summed E-state index contributed by atoms with van der Waals surface area (Å²) < 4.78 is 0. The van der Waals surface area contributed by atoms with E-state index in [1.807, 2.05) is 11.9 Å². The van der Waals surface area contributed by atoms with Crippen LogP contribution in [-0.4, -0.2) is 42.5 Å². The minimum Gasteiger partial charge on any atom is -0.382 e. The maximum Gasteiger partial charge on any atom is 0.267 e. The highest BCUT2D eigenvalue weighted by atomic mass is 32.1. The Bertz CT molecular complexity index is 478. The number of nitrogens with zero attached hydrogens (tertiary/aromatic N) is 3. The van der Waals surface area contributed by atoms with E-state index >= 15 is 0 Å². The van der Waals surface area contributed by atoms with E-state index in [9.17, 15) is 4.79 Å². The molecular formula is C15H26N4OS. The number of nitrogen functional groups attached to an aromatic ring is 1. The number of thiazole rings is 1. The summed E-state index contributed by atoms with van der Waals surface area (Å²) in [5.41, 5.74) is 5.96. The van der Waals surface area contributed by atoms with Crippen molar-refractivity contribution in [3.63, 3.8) is 0 Å². The van der Waals surface area contributed by atoms with Gasteiger partial charge in [0, 0.05) is 26.7 Å². The number of hydrogen-bond acceptors (Lipinski definition) is 5. The second kappa shape index (κ2) is 7.11. The van der Waals surface area contributed by atoms with Gasteiger partial charge in [-0.15, -0.1) is 0 Å². The number of amides is 1. The smallest absolute Gasteiger partial charge is 0.267 e. The van der Waals surface area contributed by atoms with Crippen molar-refractivity contribution < 1.29 is 4.79 Å². The lowest BCUT2D eigenvalue weighted by atomic mass is 10.1. The molecule has 0 unspecified atom stereocenters. The standard InChI is InChI=1S/C15H26N4OS/c1-4-19(5-2)15-17-13(16)12(21-15)14(20)18(3)10-11-8-6-7-9-11/h11H,4-10,16H2,1-3H3. The van der Waals surface area contributed by atoms with Crippen LogP contribution in [0.4, 0.5) is 10.9 Å². The summed E-state index contributed by atoms with van der Waals surface area (Å²) in [5.74, 6) is 1.02. The van der Waals surface area contributed by atoms with Crippen LogP contribution in [-0.2, 0) is 0 Å². The van der Waals surface area contributed by atoms with Gasteiger partial charge in [0.05, 0.1) is 0 Å². The molecular weight excluding hydrogens is 284 g/mol. The molecule has 1 aromatic heterocycles. The van der Waals surface area contributed by atoms with Crippen LogP contribution >= 0.6 is 11.3 Å². The van der Waals surface area contributed by atoms with Crippen molar-refractivity contribution in [2.75, 3.05) is 37.3 Å². The Kier molecular flexibility index (Phi) is 5.45. The van der Waals surface area contributed by atoms with Crippen LogP contribution in [0.25, 0.3) is 0 Å². The van der Waals surface area contributed by atoms with Crippen molar-refractivity contribution in [1.82, 2.24) is 9.88 Å². The molecule has 0 bridgehead atoms. The van der Waals surface area contributed by atoms with Crippen LogP contribution in [0.2, 0.25) is 0 Å². The number of rotatable bonds is 6. The minimum atomic E-state index is 0.00954. The molecule has 1 amide bonds. The van der Waals surface area contributed by atoms with Crippen molar-refractivity contribution >= 4 is 28.2 Å². The van der Waals surface area contributed by atoms with Gasteiger partial charge in [-0.3, -0.25) is 4.79 Å².